The maximum Gasteiger partial charge on any atom is 0.326 e. The Labute approximate surface area is 117 Å². The van der Waals surface area contributed by atoms with Crippen LogP contribution in [0.15, 0.2) is 22.7 Å². The van der Waals surface area contributed by atoms with E-state index in [1.54, 1.807) is 6.07 Å². The molecule has 1 rings (SSSR count). The quantitative estimate of drug-likeness (QED) is 0.567. The fourth-order valence-electron chi connectivity index (χ4n) is 1.33. The van der Waals surface area contributed by atoms with Crippen molar-refractivity contribution < 1.29 is 19.5 Å². The summed E-state index contributed by atoms with van der Waals surface area (Å²) >= 11 is 3.17. The molecule has 0 heterocycles. The lowest BCUT2D eigenvalue weighted by molar-refractivity contribution is -0.140. The number of hydrogen-bond donors (Lipinski definition) is 4. The van der Waals surface area contributed by atoms with Gasteiger partial charge < -0.3 is 21.9 Å². The van der Waals surface area contributed by atoms with Crippen molar-refractivity contribution in [3.63, 3.8) is 0 Å². The van der Waals surface area contributed by atoms with Crippen molar-refractivity contribution in [3.8, 4) is 0 Å². The summed E-state index contributed by atoms with van der Waals surface area (Å²) in [5.74, 6) is -2.80. The van der Waals surface area contributed by atoms with Crippen LogP contribution in [0.1, 0.15) is 16.8 Å². The molecule has 0 spiro atoms. The second-order valence-corrected chi connectivity index (χ2v) is 4.63. The summed E-state index contributed by atoms with van der Waals surface area (Å²) in [5, 5.41) is 11.1. The minimum Gasteiger partial charge on any atom is -0.480 e. The topological polar surface area (TPSA) is 136 Å². The molecule has 0 aliphatic carbocycles. The highest BCUT2D eigenvalue weighted by Gasteiger charge is 2.22. The van der Waals surface area contributed by atoms with Crippen LogP contribution in [0.3, 0.4) is 0 Å². The van der Waals surface area contributed by atoms with Gasteiger partial charge in [0.05, 0.1) is 6.42 Å². The van der Waals surface area contributed by atoms with Crippen molar-refractivity contribution in [2.24, 2.45) is 5.73 Å². The molecule has 0 fully saturated rings. The molecule has 1 aromatic rings. The van der Waals surface area contributed by atoms with Crippen LogP contribution in [0.5, 0.6) is 0 Å². The number of carbonyl (C=O) groups is 3. The third-order valence-corrected chi connectivity index (χ3v) is 2.99. The number of primary amides is 1. The zero-order valence-electron chi connectivity index (χ0n) is 9.72. The number of hydrogen-bond acceptors (Lipinski definition) is 4. The van der Waals surface area contributed by atoms with Gasteiger partial charge in [-0.15, -0.1) is 0 Å². The van der Waals surface area contributed by atoms with Crippen molar-refractivity contribution in [2.45, 2.75) is 12.5 Å². The highest BCUT2D eigenvalue weighted by Crippen LogP contribution is 2.20. The van der Waals surface area contributed by atoms with Crippen LogP contribution in [-0.4, -0.2) is 28.9 Å². The van der Waals surface area contributed by atoms with Gasteiger partial charge in [0.2, 0.25) is 5.91 Å². The summed E-state index contributed by atoms with van der Waals surface area (Å²) in [7, 11) is 0. The molecule has 0 saturated heterocycles. The van der Waals surface area contributed by atoms with E-state index in [0.29, 0.717) is 10.2 Å². The summed E-state index contributed by atoms with van der Waals surface area (Å²) < 4.78 is 0.621. The highest BCUT2D eigenvalue weighted by atomic mass is 79.9. The number of nitrogens with two attached hydrogens (primary N) is 2. The molecule has 1 aromatic carbocycles. The fraction of sp³-hybridized carbons (Fsp3) is 0.182. The van der Waals surface area contributed by atoms with Gasteiger partial charge >= 0.3 is 5.97 Å². The van der Waals surface area contributed by atoms with E-state index in [-0.39, 0.29) is 5.56 Å². The number of carboxylic acids is 1. The second kappa shape index (κ2) is 6.19. The van der Waals surface area contributed by atoms with Gasteiger partial charge in [0.25, 0.3) is 5.91 Å². The Morgan fingerprint density at radius 3 is 2.47 bits per heavy atom. The van der Waals surface area contributed by atoms with Crippen LogP contribution in [0.4, 0.5) is 5.69 Å². The summed E-state index contributed by atoms with van der Waals surface area (Å²) in [6.07, 6.45) is -0.479. The molecule has 0 aromatic heterocycles. The number of anilines is 1. The molecule has 6 N–H and O–H groups in total. The Hall–Kier alpha value is -2.09. The van der Waals surface area contributed by atoms with Crippen LogP contribution in [0.2, 0.25) is 0 Å². The number of amides is 2. The van der Waals surface area contributed by atoms with Crippen molar-refractivity contribution in [3.05, 3.63) is 28.2 Å². The number of carboxylic acid groups (broad SMARTS) is 1. The van der Waals surface area contributed by atoms with E-state index in [9.17, 15) is 14.4 Å². The molecule has 2 amide bonds. The summed E-state index contributed by atoms with van der Waals surface area (Å²) in [6, 6.07) is 3.06. The lowest BCUT2D eigenvalue weighted by Gasteiger charge is -2.13. The van der Waals surface area contributed by atoms with Crippen LogP contribution >= 0.6 is 15.9 Å². The number of nitrogens with one attached hydrogen (secondary N) is 1. The van der Waals surface area contributed by atoms with Crippen LogP contribution in [-0.2, 0) is 9.59 Å². The Balaban J connectivity index is 2.84. The van der Waals surface area contributed by atoms with E-state index in [0.717, 1.165) is 0 Å². The minimum atomic E-state index is -1.37. The first-order valence-corrected chi connectivity index (χ1v) is 5.97. The fourth-order valence-corrected chi connectivity index (χ4v) is 1.57. The van der Waals surface area contributed by atoms with Gasteiger partial charge in [-0.1, -0.05) is 0 Å². The zero-order chi connectivity index (χ0) is 14.6. The molecular weight excluding hydrogens is 318 g/mol. The van der Waals surface area contributed by atoms with Crippen molar-refractivity contribution in [1.82, 2.24) is 5.32 Å². The summed E-state index contributed by atoms with van der Waals surface area (Å²) in [5.41, 5.74) is 11.1. The van der Waals surface area contributed by atoms with E-state index < -0.39 is 30.2 Å². The molecule has 8 heteroatoms. The maximum atomic E-state index is 11.8. The second-order valence-electron chi connectivity index (χ2n) is 3.77. The molecule has 0 aliphatic rings. The normalized spacial score (nSPS) is 11.6. The van der Waals surface area contributed by atoms with Crippen molar-refractivity contribution >= 4 is 39.4 Å². The first-order valence-electron chi connectivity index (χ1n) is 5.18. The molecule has 1 atom stereocenters. The predicted molar refractivity (Wildman–Crippen MR) is 71.3 cm³/mol. The number of carbonyl (C=O) groups excluding carboxylic acids is 2. The van der Waals surface area contributed by atoms with Crippen molar-refractivity contribution in [2.75, 3.05) is 5.73 Å². The molecule has 0 aliphatic heterocycles. The Kier molecular flexibility index (Phi) is 4.87. The summed E-state index contributed by atoms with van der Waals surface area (Å²) in [6.45, 7) is 0. The molecule has 0 saturated carbocycles. The Morgan fingerprint density at radius 1 is 1.37 bits per heavy atom. The molecule has 0 radical (unpaired) electrons. The van der Waals surface area contributed by atoms with Crippen LogP contribution in [0.25, 0.3) is 0 Å². The molecular formula is C11H12BrN3O4. The number of rotatable bonds is 5. The number of nitrogen functional groups attached to an aromatic ring is 1. The SMILES string of the molecule is NC(=O)CC(NC(=O)c1ccc(Br)c(N)c1)C(=O)O. The molecule has 7 nitrogen and oxygen atoms in total. The van der Waals surface area contributed by atoms with E-state index in [4.69, 9.17) is 16.6 Å². The van der Waals surface area contributed by atoms with E-state index in [1.165, 1.54) is 12.1 Å². The smallest absolute Gasteiger partial charge is 0.326 e. The Bertz CT molecular complexity index is 533. The predicted octanol–water partition coefficient (Wildman–Crippen LogP) is 0.0897. The van der Waals surface area contributed by atoms with Gasteiger partial charge in [-0.2, -0.15) is 0 Å². The van der Waals surface area contributed by atoms with Gasteiger partial charge in [-0.3, -0.25) is 9.59 Å². The summed E-state index contributed by atoms with van der Waals surface area (Å²) in [4.78, 5) is 33.4. The third-order valence-electron chi connectivity index (χ3n) is 2.27. The number of aliphatic carboxylic acids is 1. The minimum absolute atomic E-state index is 0.191. The van der Waals surface area contributed by atoms with Gasteiger partial charge in [0.1, 0.15) is 6.04 Å². The van der Waals surface area contributed by atoms with Gasteiger partial charge in [0, 0.05) is 15.7 Å². The molecule has 0 bridgehead atoms. The van der Waals surface area contributed by atoms with E-state index >= 15 is 0 Å². The molecule has 1 unspecified atom stereocenters. The number of halogens is 1. The lowest BCUT2D eigenvalue weighted by Crippen LogP contribution is -2.43. The number of benzene rings is 1. The lowest BCUT2D eigenvalue weighted by atomic mass is 10.1. The van der Waals surface area contributed by atoms with Crippen LogP contribution in [0, 0.1) is 0 Å². The highest BCUT2D eigenvalue weighted by molar-refractivity contribution is 9.10. The third kappa shape index (κ3) is 4.25. The van der Waals surface area contributed by atoms with E-state index in [1.807, 2.05) is 0 Å². The van der Waals surface area contributed by atoms with Crippen LogP contribution < -0.4 is 16.8 Å². The monoisotopic (exact) mass is 329 g/mol. The standard InChI is InChI=1S/C11H12BrN3O4/c12-6-2-1-5(3-7(6)13)10(17)15-8(11(18)19)4-9(14)16/h1-3,8H,4,13H2,(H2,14,16)(H,15,17)(H,18,19). The Morgan fingerprint density at radius 2 is 2.00 bits per heavy atom. The maximum absolute atomic E-state index is 11.8. The first-order chi connectivity index (χ1) is 8.81. The van der Waals surface area contributed by atoms with Gasteiger partial charge in [-0.25, -0.2) is 4.79 Å². The zero-order valence-corrected chi connectivity index (χ0v) is 11.3. The molecule has 102 valence electrons. The average molecular weight is 330 g/mol. The first kappa shape index (κ1) is 15.0. The van der Waals surface area contributed by atoms with E-state index in [2.05, 4.69) is 21.2 Å². The largest absolute Gasteiger partial charge is 0.480 e. The van der Waals surface area contributed by atoms with Gasteiger partial charge in [0.15, 0.2) is 0 Å². The van der Waals surface area contributed by atoms with Crippen molar-refractivity contribution in [1.29, 1.82) is 0 Å². The molecule has 19 heavy (non-hydrogen) atoms. The average Bonchev–Trinajstić information content (AvgIpc) is 2.31. The van der Waals surface area contributed by atoms with Gasteiger partial charge in [-0.05, 0) is 34.1 Å².